The van der Waals surface area contributed by atoms with Gasteiger partial charge in [0.1, 0.15) is 11.8 Å². The monoisotopic (exact) mass is 370 g/mol. The van der Waals surface area contributed by atoms with Crippen LogP contribution in [0.4, 0.5) is 0 Å². The van der Waals surface area contributed by atoms with E-state index >= 15 is 0 Å². The maximum absolute atomic E-state index is 12.5. The highest BCUT2D eigenvalue weighted by molar-refractivity contribution is 5.95. The van der Waals surface area contributed by atoms with Crippen LogP contribution >= 0.6 is 0 Å². The second-order valence-corrected chi connectivity index (χ2v) is 6.99. The van der Waals surface area contributed by atoms with Crippen LogP contribution < -0.4 is 10.1 Å². The van der Waals surface area contributed by atoms with Gasteiger partial charge in [0.05, 0.1) is 12.4 Å². The Balaban J connectivity index is 1.49. The number of carbonyl (C=O) groups excluding carboxylic acids is 2. The Morgan fingerprint density at radius 1 is 1.26 bits per heavy atom. The van der Waals surface area contributed by atoms with Crippen LogP contribution in [0, 0.1) is 0 Å². The molecule has 1 aromatic heterocycles. The minimum absolute atomic E-state index is 0.104. The zero-order valence-corrected chi connectivity index (χ0v) is 15.8. The number of hydrogen-bond donors (Lipinski definition) is 1. The molecule has 1 atom stereocenters. The van der Waals surface area contributed by atoms with E-state index in [0.717, 1.165) is 24.2 Å². The fourth-order valence-electron chi connectivity index (χ4n) is 3.28. The largest absolute Gasteiger partial charge is 0.491 e. The molecule has 2 heterocycles. The lowest BCUT2D eigenvalue weighted by atomic mass is 10.1. The van der Waals surface area contributed by atoms with Gasteiger partial charge in [-0.2, -0.15) is 0 Å². The molecule has 1 fully saturated rings. The minimum atomic E-state index is -0.426. The Morgan fingerprint density at radius 2 is 2.04 bits per heavy atom. The van der Waals surface area contributed by atoms with E-state index in [4.69, 9.17) is 9.15 Å². The predicted molar refractivity (Wildman–Crippen MR) is 102 cm³/mol. The lowest BCUT2D eigenvalue weighted by Gasteiger charge is -2.23. The van der Waals surface area contributed by atoms with Crippen molar-refractivity contribution in [1.29, 1.82) is 0 Å². The van der Waals surface area contributed by atoms with Gasteiger partial charge in [0, 0.05) is 13.1 Å². The summed E-state index contributed by atoms with van der Waals surface area (Å²) in [7, 11) is 0. The molecule has 0 bridgehead atoms. The molecule has 27 heavy (non-hydrogen) atoms. The molecule has 0 saturated carbocycles. The second kappa shape index (κ2) is 8.75. The first kappa shape index (κ1) is 19.0. The average Bonchev–Trinajstić information content (AvgIpc) is 3.34. The molecule has 1 unspecified atom stereocenters. The van der Waals surface area contributed by atoms with E-state index in [1.165, 1.54) is 6.26 Å². The zero-order chi connectivity index (χ0) is 19.2. The van der Waals surface area contributed by atoms with Gasteiger partial charge in [-0.25, -0.2) is 0 Å². The summed E-state index contributed by atoms with van der Waals surface area (Å²) < 4.78 is 10.8. The highest BCUT2D eigenvalue weighted by Crippen LogP contribution is 2.20. The van der Waals surface area contributed by atoms with Crippen LogP contribution in [0.15, 0.2) is 47.1 Å². The molecule has 1 aliphatic rings. The lowest BCUT2D eigenvalue weighted by molar-refractivity contribution is -0.124. The number of nitrogens with one attached hydrogen (secondary N) is 1. The highest BCUT2D eigenvalue weighted by atomic mass is 16.5. The first-order valence-corrected chi connectivity index (χ1v) is 9.42. The Kier molecular flexibility index (Phi) is 6.16. The van der Waals surface area contributed by atoms with Gasteiger partial charge in [-0.1, -0.05) is 12.1 Å². The molecular formula is C21H26N2O4. The highest BCUT2D eigenvalue weighted by Gasteiger charge is 2.35. The summed E-state index contributed by atoms with van der Waals surface area (Å²) in [5.74, 6) is 0.791. The lowest BCUT2D eigenvalue weighted by Crippen LogP contribution is -2.46. The van der Waals surface area contributed by atoms with E-state index in [2.05, 4.69) is 5.32 Å². The fourth-order valence-corrected chi connectivity index (χ4v) is 3.28. The minimum Gasteiger partial charge on any atom is -0.491 e. The van der Waals surface area contributed by atoms with Gasteiger partial charge in [0.2, 0.25) is 5.91 Å². The number of hydrogen-bond acceptors (Lipinski definition) is 4. The zero-order valence-electron chi connectivity index (χ0n) is 15.8. The average molecular weight is 370 g/mol. The van der Waals surface area contributed by atoms with E-state index < -0.39 is 6.04 Å². The third kappa shape index (κ3) is 4.90. The summed E-state index contributed by atoms with van der Waals surface area (Å²) in [4.78, 5) is 26.6. The number of amides is 2. The van der Waals surface area contributed by atoms with Crippen molar-refractivity contribution < 1.29 is 18.7 Å². The van der Waals surface area contributed by atoms with Gasteiger partial charge in [-0.15, -0.1) is 0 Å². The molecule has 1 aliphatic heterocycles. The van der Waals surface area contributed by atoms with Crippen LogP contribution in [0.25, 0.3) is 0 Å². The fraction of sp³-hybridized carbons (Fsp3) is 0.429. The van der Waals surface area contributed by atoms with Crippen LogP contribution in [0.2, 0.25) is 0 Å². The molecule has 1 aromatic carbocycles. The molecule has 1 N–H and O–H groups in total. The predicted octanol–water partition coefficient (Wildman–Crippen LogP) is 3.03. The third-order valence-electron chi connectivity index (χ3n) is 4.56. The topological polar surface area (TPSA) is 71.8 Å². The van der Waals surface area contributed by atoms with Gasteiger partial charge in [0.25, 0.3) is 5.91 Å². The van der Waals surface area contributed by atoms with Crippen molar-refractivity contribution in [3.05, 3.63) is 54.0 Å². The quantitative estimate of drug-likeness (QED) is 0.813. The molecule has 1 saturated heterocycles. The standard InChI is InChI=1S/C21H26N2O4/c1-15(2)27-17-9-7-16(8-10-17)11-12-22-20(24)18-5-3-13-23(18)21(25)19-6-4-14-26-19/h4,6-10,14-15,18H,3,5,11-13H2,1-2H3,(H,22,24). The number of furan rings is 1. The normalized spacial score (nSPS) is 16.6. The van der Waals surface area contributed by atoms with E-state index in [0.29, 0.717) is 19.5 Å². The van der Waals surface area contributed by atoms with E-state index in [-0.39, 0.29) is 23.7 Å². The van der Waals surface area contributed by atoms with Crippen molar-refractivity contribution in [3.8, 4) is 5.75 Å². The van der Waals surface area contributed by atoms with Gasteiger partial charge in [-0.3, -0.25) is 9.59 Å². The van der Waals surface area contributed by atoms with Crippen LogP contribution in [-0.4, -0.2) is 41.9 Å². The number of nitrogens with zero attached hydrogens (tertiary/aromatic N) is 1. The third-order valence-corrected chi connectivity index (χ3v) is 4.56. The summed E-state index contributed by atoms with van der Waals surface area (Å²) in [5, 5.41) is 2.96. The molecule has 6 nitrogen and oxygen atoms in total. The maximum atomic E-state index is 12.5. The summed E-state index contributed by atoms with van der Waals surface area (Å²) in [5.41, 5.74) is 1.13. The number of benzene rings is 1. The van der Waals surface area contributed by atoms with Crippen molar-refractivity contribution in [2.45, 2.75) is 45.3 Å². The number of ether oxygens (including phenoxy) is 1. The van der Waals surface area contributed by atoms with E-state index in [9.17, 15) is 9.59 Å². The maximum Gasteiger partial charge on any atom is 0.290 e. The first-order valence-electron chi connectivity index (χ1n) is 9.42. The van der Waals surface area contributed by atoms with Crippen molar-refractivity contribution in [2.24, 2.45) is 0 Å². The molecular weight excluding hydrogens is 344 g/mol. The Morgan fingerprint density at radius 3 is 2.70 bits per heavy atom. The van der Waals surface area contributed by atoms with Crippen LogP contribution in [0.1, 0.15) is 42.8 Å². The molecule has 2 amide bonds. The SMILES string of the molecule is CC(C)Oc1ccc(CCNC(=O)C2CCCN2C(=O)c2ccco2)cc1. The van der Waals surface area contributed by atoms with E-state index in [1.54, 1.807) is 17.0 Å². The van der Waals surface area contributed by atoms with Crippen molar-refractivity contribution in [2.75, 3.05) is 13.1 Å². The molecule has 6 heteroatoms. The van der Waals surface area contributed by atoms with Crippen molar-refractivity contribution >= 4 is 11.8 Å². The van der Waals surface area contributed by atoms with Crippen LogP contribution in [-0.2, 0) is 11.2 Å². The number of rotatable bonds is 7. The first-order chi connectivity index (χ1) is 13.0. The summed E-state index contributed by atoms with van der Waals surface area (Å²) in [6.45, 7) is 5.09. The van der Waals surface area contributed by atoms with Crippen LogP contribution in [0.3, 0.4) is 0 Å². The van der Waals surface area contributed by atoms with Gasteiger partial charge in [0.15, 0.2) is 5.76 Å². The van der Waals surface area contributed by atoms with E-state index in [1.807, 2.05) is 38.1 Å². The smallest absolute Gasteiger partial charge is 0.290 e. The van der Waals surface area contributed by atoms with Gasteiger partial charge in [-0.05, 0) is 62.9 Å². The summed E-state index contributed by atoms with van der Waals surface area (Å²) in [6.07, 6.45) is 3.84. The van der Waals surface area contributed by atoms with Crippen molar-refractivity contribution in [3.63, 3.8) is 0 Å². The van der Waals surface area contributed by atoms with Crippen molar-refractivity contribution in [1.82, 2.24) is 10.2 Å². The Labute approximate surface area is 159 Å². The van der Waals surface area contributed by atoms with Gasteiger partial charge < -0.3 is 19.4 Å². The summed E-state index contributed by atoms with van der Waals surface area (Å²) >= 11 is 0. The molecule has 0 spiro atoms. The Hall–Kier alpha value is -2.76. The Bertz CT molecular complexity index is 753. The molecule has 0 radical (unpaired) electrons. The second-order valence-electron chi connectivity index (χ2n) is 6.99. The molecule has 144 valence electrons. The molecule has 3 rings (SSSR count). The summed E-state index contributed by atoms with van der Waals surface area (Å²) in [6, 6.07) is 10.8. The van der Waals surface area contributed by atoms with Gasteiger partial charge >= 0.3 is 0 Å². The number of likely N-dealkylation sites (tertiary alicyclic amines) is 1. The number of carbonyl (C=O) groups is 2. The van der Waals surface area contributed by atoms with Crippen LogP contribution in [0.5, 0.6) is 5.75 Å². The molecule has 0 aliphatic carbocycles. The molecule has 2 aromatic rings.